The van der Waals surface area contributed by atoms with Gasteiger partial charge in [0, 0.05) is 6.42 Å². The monoisotopic (exact) mass is 259 g/mol. The van der Waals surface area contributed by atoms with Crippen LogP contribution in [0.4, 0.5) is 4.39 Å². The number of aromatic nitrogens is 5. The van der Waals surface area contributed by atoms with Gasteiger partial charge in [0.15, 0.2) is 5.69 Å². The zero-order chi connectivity index (χ0) is 13.2. The van der Waals surface area contributed by atoms with E-state index in [2.05, 4.69) is 20.5 Å². The minimum Gasteiger partial charge on any atom is -0.339 e. The van der Waals surface area contributed by atoms with Crippen molar-refractivity contribution in [3.8, 4) is 17.2 Å². The Bertz CT molecular complexity index is 688. The maximum Gasteiger partial charge on any atom is 0.226 e. The molecule has 0 unspecified atom stereocenters. The van der Waals surface area contributed by atoms with Gasteiger partial charge >= 0.3 is 0 Å². The van der Waals surface area contributed by atoms with Crippen molar-refractivity contribution in [1.82, 2.24) is 25.1 Å². The SMILES string of the molecule is CCc1nc(-c2cn(-c3ccc(F)cc3)nn2)no1. The Balaban J connectivity index is 1.92. The van der Waals surface area contributed by atoms with Gasteiger partial charge in [-0.3, -0.25) is 0 Å². The molecule has 0 amide bonds. The van der Waals surface area contributed by atoms with E-state index in [-0.39, 0.29) is 5.82 Å². The van der Waals surface area contributed by atoms with Crippen LogP contribution in [0.25, 0.3) is 17.2 Å². The minimum absolute atomic E-state index is 0.296. The van der Waals surface area contributed by atoms with E-state index in [1.165, 1.54) is 16.8 Å². The molecule has 0 radical (unpaired) electrons. The molecule has 7 heteroatoms. The molecule has 0 aliphatic heterocycles. The van der Waals surface area contributed by atoms with E-state index in [4.69, 9.17) is 4.52 Å². The summed E-state index contributed by atoms with van der Waals surface area (Å²) in [5.74, 6) is 0.645. The van der Waals surface area contributed by atoms with Gasteiger partial charge in [0.25, 0.3) is 0 Å². The Kier molecular flexibility index (Phi) is 2.79. The maximum atomic E-state index is 12.8. The van der Waals surface area contributed by atoms with Crippen LogP contribution in [0.15, 0.2) is 35.0 Å². The summed E-state index contributed by atoms with van der Waals surface area (Å²) in [6.07, 6.45) is 2.33. The minimum atomic E-state index is -0.296. The van der Waals surface area contributed by atoms with E-state index < -0.39 is 0 Å². The summed E-state index contributed by atoms with van der Waals surface area (Å²) in [5.41, 5.74) is 1.21. The Morgan fingerprint density at radius 3 is 2.74 bits per heavy atom. The number of hydrogen-bond acceptors (Lipinski definition) is 5. The smallest absolute Gasteiger partial charge is 0.226 e. The molecule has 0 aliphatic carbocycles. The van der Waals surface area contributed by atoms with Crippen molar-refractivity contribution in [2.24, 2.45) is 0 Å². The van der Waals surface area contributed by atoms with E-state index >= 15 is 0 Å². The summed E-state index contributed by atoms with van der Waals surface area (Å²) in [6.45, 7) is 1.92. The van der Waals surface area contributed by atoms with Gasteiger partial charge in [-0.05, 0) is 24.3 Å². The van der Waals surface area contributed by atoms with Crippen molar-refractivity contribution < 1.29 is 8.91 Å². The number of benzene rings is 1. The predicted molar refractivity (Wildman–Crippen MR) is 64.0 cm³/mol. The second-order valence-electron chi connectivity index (χ2n) is 3.89. The predicted octanol–water partition coefficient (Wildman–Crippen LogP) is 2.02. The highest BCUT2D eigenvalue weighted by Crippen LogP contribution is 2.15. The summed E-state index contributed by atoms with van der Waals surface area (Å²) in [5, 5.41) is 11.7. The van der Waals surface area contributed by atoms with Crippen LogP contribution in [0.2, 0.25) is 0 Å². The molecule has 1 aromatic carbocycles. The maximum absolute atomic E-state index is 12.8. The lowest BCUT2D eigenvalue weighted by Crippen LogP contribution is -1.94. The first-order chi connectivity index (χ1) is 9.26. The Morgan fingerprint density at radius 2 is 2.05 bits per heavy atom. The summed E-state index contributed by atoms with van der Waals surface area (Å²) in [6, 6.07) is 5.95. The van der Waals surface area contributed by atoms with Gasteiger partial charge in [0.1, 0.15) is 5.82 Å². The zero-order valence-corrected chi connectivity index (χ0v) is 10.1. The molecular weight excluding hydrogens is 249 g/mol. The average molecular weight is 259 g/mol. The quantitative estimate of drug-likeness (QED) is 0.719. The molecule has 0 saturated heterocycles. The number of halogens is 1. The highest BCUT2D eigenvalue weighted by Gasteiger charge is 2.11. The lowest BCUT2D eigenvalue weighted by molar-refractivity contribution is 0.382. The third-order valence-corrected chi connectivity index (χ3v) is 2.58. The summed E-state index contributed by atoms with van der Waals surface area (Å²) >= 11 is 0. The van der Waals surface area contributed by atoms with E-state index in [9.17, 15) is 4.39 Å². The zero-order valence-electron chi connectivity index (χ0n) is 10.1. The lowest BCUT2D eigenvalue weighted by atomic mass is 10.3. The normalized spacial score (nSPS) is 10.8. The number of nitrogens with zero attached hydrogens (tertiary/aromatic N) is 5. The second kappa shape index (κ2) is 4.60. The third-order valence-electron chi connectivity index (χ3n) is 2.58. The average Bonchev–Trinajstić information content (AvgIpc) is 3.08. The van der Waals surface area contributed by atoms with Crippen LogP contribution >= 0.6 is 0 Å². The molecule has 0 saturated carbocycles. The molecule has 96 valence electrons. The fraction of sp³-hybridized carbons (Fsp3) is 0.167. The molecule has 19 heavy (non-hydrogen) atoms. The Labute approximate surface area is 107 Å². The van der Waals surface area contributed by atoms with Crippen LogP contribution in [0, 0.1) is 5.82 Å². The van der Waals surface area contributed by atoms with E-state index in [0.29, 0.717) is 29.5 Å². The van der Waals surface area contributed by atoms with Crippen LogP contribution in [-0.4, -0.2) is 25.1 Å². The van der Waals surface area contributed by atoms with Gasteiger partial charge in [-0.15, -0.1) is 5.10 Å². The number of rotatable bonds is 3. The molecule has 0 aliphatic rings. The molecule has 2 heterocycles. The molecule has 2 aromatic heterocycles. The Morgan fingerprint density at radius 1 is 1.26 bits per heavy atom. The first-order valence-electron chi connectivity index (χ1n) is 5.77. The van der Waals surface area contributed by atoms with Gasteiger partial charge < -0.3 is 4.52 Å². The topological polar surface area (TPSA) is 69.6 Å². The van der Waals surface area contributed by atoms with E-state index in [1.807, 2.05) is 6.92 Å². The molecule has 0 fully saturated rings. The van der Waals surface area contributed by atoms with Gasteiger partial charge in [-0.2, -0.15) is 4.98 Å². The first-order valence-corrected chi connectivity index (χ1v) is 5.77. The molecule has 0 spiro atoms. The van der Waals surface area contributed by atoms with Crippen LogP contribution < -0.4 is 0 Å². The molecule has 0 N–H and O–H groups in total. The van der Waals surface area contributed by atoms with Crippen molar-refractivity contribution in [3.63, 3.8) is 0 Å². The van der Waals surface area contributed by atoms with Crippen LogP contribution in [0.3, 0.4) is 0 Å². The molecule has 3 aromatic rings. The van der Waals surface area contributed by atoms with Crippen LogP contribution in [0.1, 0.15) is 12.8 Å². The van der Waals surface area contributed by atoms with Crippen molar-refractivity contribution in [1.29, 1.82) is 0 Å². The number of aryl methyl sites for hydroxylation is 1. The van der Waals surface area contributed by atoms with Crippen molar-refractivity contribution in [3.05, 3.63) is 42.2 Å². The second-order valence-corrected chi connectivity index (χ2v) is 3.89. The molecule has 0 atom stereocenters. The molecule has 0 bridgehead atoms. The highest BCUT2D eigenvalue weighted by atomic mass is 19.1. The van der Waals surface area contributed by atoms with Gasteiger partial charge in [0.2, 0.25) is 11.7 Å². The van der Waals surface area contributed by atoms with Crippen LogP contribution in [-0.2, 0) is 6.42 Å². The fourth-order valence-corrected chi connectivity index (χ4v) is 1.59. The van der Waals surface area contributed by atoms with E-state index in [1.54, 1.807) is 18.3 Å². The van der Waals surface area contributed by atoms with Gasteiger partial charge in [0.05, 0.1) is 11.9 Å². The Hall–Kier alpha value is -2.57. The van der Waals surface area contributed by atoms with Crippen molar-refractivity contribution >= 4 is 0 Å². The summed E-state index contributed by atoms with van der Waals surface area (Å²) in [4.78, 5) is 4.17. The highest BCUT2D eigenvalue weighted by molar-refractivity contribution is 5.47. The largest absolute Gasteiger partial charge is 0.339 e. The van der Waals surface area contributed by atoms with Gasteiger partial charge in [-0.25, -0.2) is 9.07 Å². The lowest BCUT2D eigenvalue weighted by Gasteiger charge is -1.97. The van der Waals surface area contributed by atoms with Crippen LogP contribution in [0.5, 0.6) is 0 Å². The third kappa shape index (κ3) is 2.22. The summed E-state index contributed by atoms with van der Waals surface area (Å²) in [7, 11) is 0. The van der Waals surface area contributed by atoms with Crippen molar-refractivity contribution in [2.45, 2.75) is 13.3 Å². The van der Waals surface area contributed by atoms with Gasteiger partial charge in [-0.1, -0.05) is 17.3 Å². The fourth-order valence-electron chi connectivity index (χ4n) is 1.59. The molecule has 6 nitrogen and oxygen atoms in total. The first kappa shape index (κ1) is 11.5. The standard InChI is InChI=1S/C12H10FN5O/c1-2-11-14-12(16-19-11)10-7-18(17-15-10)9-5-3-8(13)4-6-9/h3-7H,2H2,1H3. The summed E-state index contributed by atoms with van der Waals surface area (Å²) < 4.78 is 19.4. The molecular formula is C12H10FN5O. The van der Waals surface area contributed by atoms with E-state index in [0.717, 1.165) is 0 Å². The number of hydrogen-bond donors (Lipinski definition) is 0. The van der Waals surface area contributed by atoms with Crippen molar-refractivity contribution in [2.75, 3.05) is 0 Å². The molecule has 3 rings (SSSR count).